The van der Waals surface area contributed by atoms with Crippen molar-refractivity contribution < 1.29 is 27.1 Å². The third-order valence-electron chi connectivity index (χ3n) is 4.92. The molecule has 0 aliphatic carbocycles. The molecule has 0 radical (unpaired) electrons. The van der Waals surface area contributed by atoms with E-state index in [1.54, 1.807) is 42.5 Å². The van der Waals surface area contributed by atoms with E-state index in [1.807, 2.05) is 0 Å². The number of hydrogen-bond acceptors (Lipinski definition) is 5. The quantitative estimate of drug-likeness (QED) is 0.489. The highest BCUT2D eigenvalue weighted by atomic mass is 32.2. The molecule has 0 saturated carbocycles. The van der Waals surface area contributed by atoms with Gasteiger partial charge in [0.25, 0.3) is 10.0 Å². The van der Waals surface area contributed by atoms with Gasteiger partial charge in [-0.05, 0) is 48.4 Å². The predicted octanol–water partition coefficient (Wildman–Crippen LogP) is 3.40. The Kier molecular flexibility index (Phi) is 7.89. The maximum Gasteiger partial charge on any atom is 0.264 e. The Bertz CT molecular complexity index is 1190. The second-order valence-corrected chi connectivity index (χ2v) is 8.95. The van der Waals surface area contributed by atoms with E-state index in [2.05, 4.69) is 5.32 Å². The number of amides is 1. The lowest BCUT2D eigenvalue weighted by molar-refractivity contribution is -0.119. The van der Waals surface area contributed by atoms with Crippen LogP contribution in [0.4, 0.5) is 10.1 Å². The second kappa shape index (κ2) is 10.8. The molecule has 0 heterocycles. The van der Waals surface area contributed by atoms with E-state index >= 15 is 0 Å². The minimum atomic E-state index is -4.09. The van der Waals surface area contributed by atoms with Crippen molar-refractivity contribution in [3.8, 4) is 11.5 Å². The minimum absolute atomic E-state index is 0.0361. The Morgan fingerprint density at radius 2 is 1.67 bits per heavy atom. The van der Waals surface area contributed by atoms with Crippen molar-refractivity contribution in [1.82, 2.24) is 5.32 Å². The lowest BCUT2D eigenvalue weighted by Crippen LogP contribution is -2.41. The topological polar surface area (TPSA) is 84.9 Å². The number of sulfonamides is 1. The molecule has 0 atom stereocenters. The van der Waals surface area contributed by atoms with E-state index in [9.17, 15) is 17.6 Å². The van der Waals surface area contributed by atoms with Crippen molar-refractivity contribution in [2.24, 2.45) is 0 Å². The molecular formula is C24H25FN2O5S. The van der Waals surface area contributed by atoms with Gasteiger partial charge in [0.15, 0.2) is 0 Å². The average molecular weight is 473 g/mol. The smallest absolute Gasteiger partial charge is 0.264 e. The number of hydrogen-bond donors (Lipinski definition) is 1. The zero-order chi connectivity index (χ0) is 23.8. The molecule has 3 rings (SSSR count). The van der Waals surface area contributed by atoms with Crippen molar-refractivity contribution in [2.45, 2.75) is 11.3 Å². The summed E-state index contributed by atoms with van der Waals surface area (Å²) in [5, 5.41) is 2.72. The van der Waals surface area contributed by atoms with Crippen LogP contribution in [0, 0.1) is 5.82 Å². The standard InChI is InChI=1S/C24H25FN2O5S/c1-31-20-12-13-23(32-2)22(16-20)27(33(29,30)21-6-4-3-5-7-21)17-24(28)26-15-14-18-8-10-19(25)11-9-18/h3-13,16H,14-15,17H2,1-2H3,(H,26,28). The van der Waals surface area contributed by atoms with Crippen LogP contribution < -0.4 is 19.1 Å². The average Bonchev–Trinajstić information content (AvgIpc) is 2.84. The van der Waals surface area contributed by atoms with Gasteiger partial charge in [-0.15, -0.1) is 0 Å². The molecule has 3 aromatic rings. The van der Waals surface area contributed by atoms with Crippen LogP contribution in [0.2, 0.25) is 0 Å². The largest absolute Gasteiger partial charge is 0.497 e. The molecule has 1 amide bonds. The zero-order valence-electron chi connectivity index (χ0n) is 18.3. The highest BCUT2D eigenvalue weighted by Gasteiger charge is 2.29. The molecule has 0 aromatic heterocycles. The summed E-state index contributed by atoms with van der Waals surface area (Å²) < 4.78 is 51.6. The fourth-order valence-electron chi connectivity index (χ4n) is 3.19. The van der Waals surface area contributed by atoms with Gasteiger partial charge >= 0.3 is 0 Å². The number of nitrogens with zero attached hydrogens (tertiary/aromatic N) is 1. The molecule has 0 fully saturated rings. The highest BCUT2D eigenvalue weighted by Crippen LogP contribution is 2.35. The van der Waals surface area contributed by atoms with E-state index in [4.69, 9.17) is 9.47 Å². The molecule has 0 unspecified atom stereocenters. The molecular weight excluding hydrogens is 447 g/mol. The van der Waals surface area contributed by atoms with Crippen LogP contribution in [-0.2, 0) is 21.2 Å². The Balaban J connectivity index is 1.86. The Labute approximate surface area is 192 Å². The molecule has 33 heavy (non-hydrogen) atoms. The summed E-state index contributed by atoms with van der Waals surface area (Å²) in [4.78, 5) is 12.8. The maximum atomic E-state index is 13.5. The first-order chi connectivity index (χ1) is 15.8. The number of rotatable bonds is 10. The van der Waals surface area contributed by atoms with Gasteiger partial charge < -0.3 is 14.8 Å². The van der Waals surface area contributed by atoms with Gasteiger partial charge in [0, 0.05) is 12.6 Å². The minimum Gasteiger partial charge on any atom is -0.497 e. The number of halogens is 1. The van der Waals surface area contributed by atoms with Crippen LogP contribution in [0.5, 0.6) is 11.5 Å². The van der Waals surface area contributed by atoms with Crippen molar-refractivity contribution in [3.05, 3.63) is 84.2 Å². The SMILES string of the molecule is COc1ccc(OC)c(N(CC(=O)NCCc2ccc(F)cc2)S(=O)(=O)c2ccccc2)c1. The lowest BCUT2D eigenvalue weighted by atomic mass is 10.1. The first kappa shape index (κ1) is 24.1. The molecule has 0 spiro atoms. The molecule has 0 saturated heterocycles. The molecule has 9 heteroatoms. The number of anilines is 1. The van der Waals surface area contributed by atoms with Gasteiger partial charge in [-0.3, -0.25) is 9.10 Å². The summed E-state index contributed by atoms with van der Waals surface area (Å²) in [7, 11) is -1.21. The van der Waals surface area contributed by atoms with Gasteiger partial charge in [-0.1, -0.05) is 30.3 Å². The monoisotopic (exact) mass is 472 g/mol. The normalized spacial score (nSPS) is 11.0. The first-order valence-electron chi connectivity index (χ1n) is 10.2. The lowest BCUT2D eigenvalue weighted by Gasteiger charge is -2.26. The Hall–Kier alpha value is -3.59. The van der Waals surface area contributed by atoms with Crippen LogP contribution in [0.25, 0.3) is 0 Å². The number of carbonyl (C=O) groups is 1. The van der Waals surface area contributed by atoms with E-state index in [-0.39, 0.29) is 28.7 Å². The van der Waals surface area contributed by atoms with E-state index < -0.39 is 22.5 Å². The van der Waals surface area contributed by atoms with Crippen LogP contribution >= 0.6 is 0 Å². The summed E-state index contributed by atoms with van der Waals surface area (Å²) in [6.45, 7) is -0.205. The Morgan fingerprint density at radius 3 is 2.30 bits per heavy atom. The van der Waals surface area contributed by atoms with E-state index in [0.29, 0.717) is 12.2 Å². The van der Waals surface area contributed by atoms with Crippen molar-refractivity contribution in [3.63, 3.8) is 0 Å². The van der Waals surface area contributed by atoms with Gasteiger partial charge in [0.05, 0.1) is 24.8 Å². The summed E-state index contributed by atoms with van der Waals surface area (Å²) in [5.74, 6) is -0.150. The molecule has 0 bridgehead atoms. The fourth-order valence-corrected chi connectivity index (χ4v) is 4.64. The molecule has 3 aromatic carbocycles. The number of ether oxygens (including phenoxy) is 2. The van der Waals surface area contributed by atoms with Crippen molar-refractivity contribution in [1.29, 1.82) is 0 Å². The molecule has 1 N–H and O–H groups in total. The third kappa shape index (κ3) is 6.01. The molecule has 0 aliphatic heterocycles. The molecule has 0 aliphatic rings. The van der Waals surface area contributed by atoms with E-state index in [0.717, 1.165) is 9.87 Å². The predicted molar refractivity (Wildman–Crippen MR) is 124 cm³/mol. The van der Waals surface area contributed by atoms with Crippen LogP contribution in [0.3, 0.4) is 0 Å². The zero-order valence-corrected chi connectivity index (χ0v) is 19.1. The summed E-state index contributed by atoms with van der Waals surface area (Å²) in [5.41, 5.74) is 1.02. The third-order valence-corrected chi connectivity index (χ3v) is 6.70. The number of benzene rings is 3. The number of methoxy groups -OCH3 is 2. The van der Waals surface area contributed by atoms with Crippen molar-refractivity contribution in [2.75, 3.05) is 31.6 Å². The fraction of sp³-hybridized carbons (Fsp3) is 0.208. The second-order valence-electron chi connectivity index (χ2n) is 7.09. The molecule has 174 valence electrons. The summed E-state index contributed by atoms with van der Waals surface area (Å²) >= 11 is 0. The number of carbonyl (C=O) groups excluding carboxylic acids is 1. The van der Waals surface area contributed by atoms with Crippen LogP contribution in [0.15, 0.2) is 77.7 Å². The van der Waals surface area contributed by atoms with Gasteiger partial charge in [0.2, 0.25) is 5.91 Å². The number of nitrogens with one attached hydrogen (secondary N) is 1. The van der Waals surface area contributed by atoms with Gasteiger partial charge in [0.1, 0.15) is 23.9 Å². The maximum absolute atomic E-state index is 13.5. The van der Waals surface area contributed by atoms with Gasteiger partial charge in [-0.2, -0.15) is 0 Å². The van der Waals surface area contributed by atoms with Gasteiger partial charge in [-0.25, -0.2) is 12.8 Å². The van der Waals surface area contributed by atoms with Crippen LogP contribution in [0.1, 0.15) is 5.56 Å². The highest BCUT2D eigenvalue weighted by molar-refractivity contribution is 7.92. The Morgan fingerprint density at radius 1 is 0.970 bits per heavy atom. The summed E-state index contributed by atoms with van der Waals surface area (Å²) in [6, 6.07) is 18.5. The van der Waals surface area contributed by atoms with Crippen molar-refractivity contribution >= 4 is 21.6 Å². The van der Waals surface area contributed by atoms with E-state index in [1.165, 1.54) is 44.6 Å². The first-order valence-corrected chi connectivity index (χ1v) is 11.6. The summed E-state index contributed by atoms with van der Waals surface area (Å²) in [6.07, 6.45) is 0.472. The van der Waals surface area contributed by atoms with Crippen LogP contribution in [-0.4, -0.2) is 41.6 Å². The molecule has 7 nitrogen and oxygen atoms in total.